The number of hydrogen-bond donors (Lipinski definition) is 1. The van der Waals surface area contributed by atoms with Crippen molar-refractivity contribution in [3.05, 3.63) is 18.0 Å². The van der Waals surface area contributed by atoms with Crippen molar-refractivity contribution >= 4 is 0 Å². The van der Waals surface area contributed by atoms with E-state index in [2.05, 4.69) is 42.4 Å². The van der Waals surface area contributed by atoms with Crippen LogP contribution < -0.4 is 5.32 Å². The van der Waals surface area contributed by atoms with Gasteiger partial charge in [-0.25, -0.2) is 0 Å². The molecule has 5 nitrogen and oxygen atoms in total. The summed E-state index contributed by atoms with van der Waals surface area (Å²) in [6.07, 6.45) is 7.43. The third kappa shape index (κ3) is 3.84. The molecule has 2 heterocycles. The first-order valence-corrected chi connectivity index (χ1v) is 8.07. The molecular formula is C16H30N4O. The molecule has 5 heteroatoms. The van der Waals surface area contributed by atoms with Crippen LogP contribution in [0.25, 0.3) is 0 Å². The highest BCUT2D eigenvalue weighted by atomic mass is 16.5. The Kier molecular flexibility index (Phi) is 5.79. The van der Waals surface area contributed by atoms with Crippen LogP contribution in [0.2, 0.25) is 0 Å². The number of hydrogen-bond acceptors (Lipinski definition) is 4. The fourth-order valence-corrected chi connectivity index (χ4v) is 3.44. The molecule has 0 radical (unpaired) electrons. The van der Waals surface area contributed by atoms with E-state index in [0.717, 1.165) is 45.6 Å². The average molecular weight is 294 g/mol. The Morgan fingerprint density at radius 2 is 2.14 bits per heavy atom. The Labute approximate surface area is 128 Å². The van der Waals surface area contributed by atoms with E-state index in [1.54, 1.807) is 0 Å². The van der Waals surface area contributed by atoms with Gasteiger partial charge in [0.05, 0.1) is 19.4 Å². The highest BCUT2D eigenvalue weighted by Crippen LogP contribution is 2.27. The summed E-state index contributed by atoms with van der Waals surface area (Å²) < 4.78 is 7.39. The van der Waals surface area contributed by atoms with E-state index in [4.69, 9.17) is 4.74 Å². The molecule has 1 saturated heterocycles. The Bertz CT molecular complexity index is 428. The lowest BCUT2D eigenvalue weighted by Gasteiger charge is -2.48. The molecular weight excluding hydrogens is 264 g/mol. The Balaban J connectivity index is 2.01. The zero-order valence-electron chi connectivity index (χ0n) is 13.9. The lowest BCUT2D eigenvalue weighted by molar-refractivity contribution is -0.0323. The van der Waals surface area contributed by atoms with E-state index in [-0.39, 0.29) is 5.54 Å². The second kappa shape index (κ2) is 7.38. The van der Waals surface area contributed by atoms with E-state index in [9.17, 15) is 0 Å². The highest BCUT2D eigenvalue weighted by Gasteiger charge is 2.37. The van der Waals surface area contributed by atoms with Crippen molar-refractivity contribution in [2.75, 3.05) is 33.4 Å². The number of rotatable bonds is 7. The molecule has 2 unspecified atom stereocenters. The maximum atomic E-state index is 5.51. The second-order valence-electron chi connectivity index (χ2n) is 6.21. The van der Waals surface area contributed by atoms with E-state index in [1.807, 2.05) is 17.9 Å². The molecule has 1 N–H and O–H groups in total. The first kappa shape index (κ1) is 16.5. The van der Waals surface area contributed by atoms with Gasteiger partial charge in [0.25, 0.3) is 0 Å². The van der Waals surface area contributed by atoms with Gasteiger partial charge >= 0.3 is 0 Å². The Morgan fingerprint density at radius 3 is 2.67 bits per heavy atom. The second-order valence-corrected chi connectivity index (χ2v) is 6.21. The summed E-state index contributed by atoms with van der Waals surface area (Å²) in [6.45, 7) is 8.47. The molecule has 1 aliphatic heterocycles. The van der Waals surface area contributed by atoms with Crippen LogP contribution in [-0.2, 0) is 18.2 Å². The SMILES string of the molecule is CCC(C)(C(CCc1cnn(C)c1)NC)N1CCOCC1. The van der Waals surface area contributed by atoms with Crippen molar-refractivity contribution in [1.82, 2.24) is 20.0 Å². The van der Waals surface area contributed by atoms with E-state index in [0.29, 0.717) is 6.04 Å². The minimum Gasteiger partial charge on any atom is -0.379 e. The van der Waals surface area contributed by atoms with Crippen LogP contribution in [0.1, 0.15) is 32.3 Å². The molecule has 1 aliphatic rings. The van der Waals surface area contributed by atoms with Crippen LogP contribution in [0.3, 0.4) is 0 Å². The van der Waals surface area contributed by atoms with Crippen molar-refractivity contribution in [1.29, 1.82) is 0 Å². The minimum absolute atomic E-state index is 0.181. The first-order chi connectivity index (χ1) is 10.1. The number of likely N-dealkylation sites (N-methyl/N-ethyl adjacent to an activating group) is 1. The van der Waals surface area contributed by atoms with E-state index >= 15 is 0 Å². The van der Waals surface area contributed by atoms with Crippen molar-refractivity contribution in [3.8, 4) is 0 Å². The number of ether oxygens (including phenoxy) is 1. The third-order valence-corrected chi connectivity index (χ3v) is 5.03. The van der Waals surface area contributed by atoms with Gasteiger partial charge < -0.3 is 10.1 Å². The molecule has 2 rings (SSSR count). The number of morpholine rings is 1. The van der Waals surface area contributed by atoms with Crippen LogP contribution in [0.15, 0.2) is 12.4 Å². The zero-order chi connectivity index (χ0) is 15.3. The van der Waals surface area contributed by atoms with Gasteiger partial charge in [-0.2, -0.15) is 5.10 Å². The van der Waals surface area contributed by atoms with Crippen LogP contribution in [0, 0.1) is 0 Å². The zero-order valence-corrected chi connectivity index (χ0v) is 13.9. The predicted octanol–water partition coefficient (Wildman–Crippen LogP) is 1.44. The lowest BCUT2D eigenvalue weighted by atomic mass is 9.83. The van der Waals surface area contributed by atoms with Gasteiger partial charge in [0, 0.05) is 37.9 Å². The molecule has 1 aromatic heterocycles. The lowest BCUT2D eigenvalue weighted by Crippen LogP contribution is -2.61. The number of aromatic nitrogens is 2. The van der Waals surface area contributed by atoms with Crippen molar-refractivity contribution in [2.45, 2.75) is 44.7 Å². The van der Waals surface area contributed by atoms with Gasteiger partial charge in [0.1, 0.15) is 0 Å². The van der Waals surface area contributed by atoms with Crippen molar-refractivity contribution in [3.63, 3.8) is 0 Å². The molecule has 0 aromatic carbocycles. The molecule has 0 spiro atoms. The summed E-state index contributed by atoms with van der Waals surface area (Å²) in [5.74, 6) is 0. The third-order valence-electron chi connectivity index (χ3n) is 5.03. The number of nitrogens with one attached hydrogen (secondary N) is 1. The molecule has 1 aromatic rings. The molecule has 21 heavy (non-hydrogen) atoms. The predicted molar refractivity (Wildman–Crippen MR) is 85.5 cm³/mol. The monoisotopic (exact) mass is 294 g/mol. The van der Waals surface area contributed by atoms with E-state index < -0.39 is 0 Å². The topological polar surface area (TPSA) is 42.3 Å². The van der Waals surface area contributed by atoms with Crippen LogP contribution in [0.4, 0.5) is 0 Å². The first-order valence-electron chi connectivity index (χ1n) is 8.07. The molecule has 120 valence electrons. The van der Waals surface area contributed by atoms with Gasteiger partial charge in [-0.3, -0.25) is 9.58 Å². The molecule has 0 aliphatic carbocycles. The summed E-state index contributed by atoms with van der Waals surface area (Å²) in [4.78, 5) is 2.60. The number of aryl methyl sites for hydroxylation is 2. The summed E-state index contributed by atoms with van der Waals surface area (Å²) >= 11 is 0. The molecule has 0 bridgehead atoms. The molecule has 0 amide bonds. The smallest absolute Gasteiger partial charge is 0.0594 e. The highest BCUT2D eigenvalue weighted by molar-refractivity contribution is 5.06. The average Bonchev–Trinajstić information content (AvgIpc) is 2.94. The normalized spacial score (nSPS) is 21.1. The summed E-state index contributed by atoms with van der Waals surface area (Å²) in [7, 11) is 4.06. The van der Waals surface area contributed by atoms with Crippen LogP contribution >= 0.6 is 0 Å². The van der Waals surface area contributed by atoms with Crippen LogP contribution in [-0.4, -0.2) is 59.6 Å². The van der Waals surface area contributed by atoms with Gasteiger partial charge in [-0.05, 0) is 38.8 Å². The fourth-order valence-electron chi connectivity index (χ4n) is 3.44. The Hall–Kier alpha value is -0.910. The maximum Gasteiger partial charge on any atom is 0.0594 e. The van der Waals surface area contributed by atoms with Crippen molar-refractivity contribution in [2.24, 2.45) is 7.05 Å². The van der Waals surface area contributed by atoms with Gasteiger partial charge in [0.2, 0.25) is 0 Å². The summed E-state index contributed by atoms with van der Waals surface area (Å²) in [5, 5.41) is 7.82. The van der Waals surface area contributed by atoms with E-state index in [1.165, 1.54) is 5.56 Å². The summed E-state index contributed by atoms with van der Waals surface area (Å²) in [6, 6.07) is 0.473. The largest absolute Gasteiger partial charge is 0.379 e. The molecule has 2 atom stereocenters. The molecule has 1 fully saturated rings. The fraction of sp³-hybridized carbons (Fsp3) is 0.812. The standard InChI is InChI=1S/C16H30N4O/c1-5-16(2,20-8-10-21-11-9-20)15(17-3)7-6-14-12-18-19(4)13-14/h12-13,15,17H,5-11H2,1-4H3. The molecule has 0 saturated carbocycles. The maximum absolute atomic E-state index is 5.51. The van der Waals surface area contributed by atoms with Gasteiger partial charge in [0.15, 0.2) is 0 Å². The minimum atomic E-state index is 0.181. The quantitative estimate of drug-likeness (QED) is 0.826. The van der Waals surface area contributed by atoms with Gasteiger partial charge in [-0.1, -0.05) is 6.92 Å². The summed E-state index contributed by atoms with van der Waals surface area (Å²) in [5.41, 5.74) is 1.50. The number of nitrogens with zero attached hydrogens (tertiary/aromatic N) is 3. The van der Waals surface area contributed by atoms with Gasteiger partial charge in [-0.15, -0.1) is 0 Å². The van der Waals surface area contributed by atoms with Crippen LogP contribution in [0.5, 0.6) is 0 Å². The van der Waals surface area contributed by atoms with Crippen molar-refractivity contribution < 1.29 is 4.74 Å². The Morgan fingerprint density at radius 1 is 1.43 bits per heavy atom.